The molecule has 0 aliphatic carbocycles. The first-order valence-electron chi connectivity index (χ1n) is 10.8. The molecule has 0 saturated heterocycles. The summed E-state index contributed by atoms with van der Waals surface area (Å²) < 4.78 is 7.30. The number of unbranched alkanes of at least 4 members (excludes halogenated alkanes) is 1. The van der Waals surface area contributed by atoms with Gasteiger partial charge in [-0.1, -0.05) is 13.3 Å². The first kappa shape index (κ1) is 23.4. The molecule has 1 amide bonds. The lowest BCUT2D eigenvalue weighted by Crippen LogP contribution is -2.35. The van der Waals surface area contributed by atoms with Crippen LogP contribution >= 0.6 is 11.8 Å². The molecule has 11 heteroatoms. The van der Waals surface area contributed by atoms with E-state index in [4.69, 9.17) is 10.1 Å². The Balaban J connectivity index is 1.72. The van der Waals surface area contributed by atoms with Gasteiger partial charge in [-0.15, -0.1) is 0 Å². The van der Waals surface area contributed by atoms with Gasteiger partial charge in [0.1, 0.15) is 10.8 Å². The third-order valence-corrected chi connectivity index (χ3v) is 6.59. The number of nitrogens with one attached hydrogen (secondary N) is 1. The second-order valence-corrected chi connectivity index (χ2v) is 8.93. The quantitative estimate of drug-likeness (QED) is 0.344. The highest BCUT2D eigenvalue weighted by Crippen LogP contribution is 2.34. The zero-order chi connectivity index (χ0) is 24.6. The van der Waals surface area contributed by atoms with Crippen LogP contribution in [0.3, 0.4) is 0 Å². The number of nitrogens with zero attached hydrogens (tertiary/aromatic N) is 5. The van der Waals surface area contributed by atoms with Crippen LogP contribution in [0.25, 0.3) is 11.8 Å². The summed E-state index contributed by atoms with van der Waals surface area (Å²) in [7, 11) is 1.46. The van der Waals surface area contributed by atoms with E-state index in [-0.39, 0.29) is 17.1 Å². The number of benzene rings is 1. The van der Waals surface area contributed by atoms with Crippen molar-refractivity contribution in [2.24, 2.45) is 10.1 Å². The van der Waals surface area contributed by atoms with Gasteiger partial charge in [0.25, 0.3) is 11.6 Å². The minimum atomic E-state index is -0.478. The summed E-state index contributed by atoms with van der Waals surface area (Å²) in [4.78, 5) is 27.6. The molecule has 0 unspecified atom stereocenters. The molecule has 2 aliphatic heterocycles. The Morgan fingerprint density at radius 2 is 2.06 bits per heavy atom. The maximum absolute atomic E-state index is 12.8. The highest BCUT2D eigenvalue weighted by Gasteiger charge is 2.35. The Morgan fingerprint density at radius 1 is 1.29 bits per heavy atom. The number of nitro benzene ring substituents is 1. The molecule has 3 heterocycles. The van der Waals surface area contributed by atoms with Crippen molar-refractivity contribution in [3.63, 3.8) is 0 Å². The second kappa shape index (κ2) is 9.26. The van der Waals surface area contributed by atoms with E-state index in [1.54, 1.807) is 12.1 Å². The Kier molecular flexibility index (Phi) is 6.38. The van der Waals surface area contributed by atoms with Crippen LogP contribution in [0.4, 0.5) is 5.69 Å². The molecule has 0 bridgehead atoms. The average Bonchev–Trinajstić information content (AvgIpc) is 3.34. The zero-order valence-electron chi connectivity index (χ0n) is 19.3. The number of thioether (sulfide) groups is 1. The highest BCUT2D eigenvalue weighted by atomic mass is 32.2. The Hall–Kier alpha value is -3.73. The van der Waals surface area contributed by atoms with Crippen LogP contribution in [-0.2, 0) is 4.79 Å². The fourth-order valence-electron chi connectivity index (χ4n) is 3.89. The number of non-ortho nitro benzene ring substituents is 1. The number of rotatable bonds is 7. The molecule has 10 nitrogen and oxygen atoms in total. The van der Waals surface area contributed by atoms with Gasteiger partial charge in [0.15, 0.2) is 5.84 Å². The molecule has 176 valence electrons. The molecule has 0 fully saturated rings. The van der Waals surface area contributed by atoms with Gasteiger partial charge >= 0.3 is 0 Å². The maximum atomic E-state index is 12.8. The van der Waals surface area contributed by atoms with Gasteiger partial charge in [-0.2, -0.15) is 15.1 Å². The predicted molar refractivity (Wildman–Crippen MR) is 133 cm³/mol. The van der Waals surface area contributed by atoms with Crippen LogP contribution in [0.2, 0.25) is 0 Å². The summed E-state index contributed by atoms with van der Waals surface area (Å²) in [5, 5.41) is 26.9. The van der Waals surface area contributed by atoms with Crippen molar-refractivity contribution in [3.05, 3.63) is 56.9 Å². The number of hydrogen-bond donors (Lipinski definition) is 1. The Morgan fingerprint density at radius 3 is 2.74 bits per heavy atom. The molecule has 0 atom stereocenters. The van der Waals surface area contributed by atoms with E-state index in [0.717, 1.165) is 41.3 Å². The second-order valence-electron chi connectivity index (χ2n) is 7.89. The number of carbonyl (C=O) groups excluding carboxylic acids is 1. The van der Waals surface area contributed by atoms with E-state index in [9.17, 15) is 14.9 Å². The number of carbonyl (C=O) groups is 1. The number of hydrogen-bond acceptors (Lipinski definition) is 7. The molecule has 1 aromatic heterocycles. The summed E-state index contributed by atoms with van der Waals surface area (Å²) in [6, 6.07) is 6.32. The van der Waals surface area contributed by atoms with Crippen LogP contribution in [0.1, 0.15) is 43.1 Å². The summed E-state index contributed by atoms with van der Waals surface area (Å²) in [6.07, 6.45) is 4.44. The van der Waals surface area contributed by atoms with Crippen molar-refractivity contribution >= 4 is 45.5 Å². The largest absolute Gasteiger partial charge is 0.494 e. The fourth-order valence-corrected chi connectivity index (χ4v) is 4.81. The predicted octanol–water partition coefficient (Wildman–Crippen LogP) is 4.82. The average molecular weight is 481 g/mol. The van der Waals surface area contributed by atoms with E-state index in [1.807, 2.05) is 24.5 Å². The number of fused-ring (bicyclic) bond motifs is 1. The van der Waals surface area contributed by atoms with Crippen LogP contribution in [-0.4, -0.2) is 43.6 Å². The van der Waals surface area contributed by atoms with E-state index in [0.29, 0.717) is 16.6 Å². The third kappa shape index (κ3) is 4.14. The number of hydrazone groups is 1. The Bertz CT molecular complexity index is 1310. The van der Waals surface area contributed by atoms with Gasteiger partial charge in [-0.05, 0) is 62.2 Å². The number of amidine groups is 2. The minimum Gasteiger partial charge on any atom is -0.494 e. The van der Waals surface area contributed by atoms with Crippen molar-refractivity contribution in [2.75, 3.05) is 7.11 Å². The van der Waals surface area contributed by atoms with E-state index >= 15 is 0 Å². The first-order chi connectivity index (χ1) is 16.2. The number of amides is 1. The number of aromatic nitrogens is 1. The van der Waals surface area contributed by atoms with E-state index in [2.05, 4.69) is 17.0 Å². The lowest BCUT2D eigenvalue weighted by molar-refractivity contribution is -0.384. The number of methoxy groups -OCH3 is 1. The molecule has 2 aromatic rings. The maximum Gasteiger partial charge on any atom is 0.283 e. The molecule has 34 heavy (non-hydrogen) atoms. The topological polar surface area (TPSA) is 126 Å². The third-order valence-electron chi connectivity index (χ3n) is 5.63. The number of nitro groups is 1. The fraction of sp³-hybridized carbons (Fsp3) is 0.304. The summed E-state index contributed by atoms with van der Waals surface area (Å²) in [6.45, 7) is 5.86. The molecule has 0 saturated carbocycles. The van der Waals surface area contributed by atoms with Crippen LogP contribution in [0.5, 0.6) is 5.75 Å². The summed E-state index contributed by atoms with van der Waals surface area (Å²) in [5.74, 6) is -0.130. The van der Waals surface area contributed by atoms with Gasteiger partial charge in [-0.3, -0.25) is 20.3 Å². The standard InChI is InChI=1S/C23H24N6O4S/c1-5-6-7-20-26-28-21(24)17(22(30)25-23(28)34-20)11-15-10-13(2)27(14(15)3)18-9-8-16(29(31)32)12-19(18)33-4/h8-12,24H,5-7H2,1-4H3/b17-11-,24-21?. The van der Waals surface area contributed by atoms with Crippen LogP contribution in [0, 0.1) is 29.4 Å². The molecule has 0 radical (unpaired) electrons. The number of aliphatic imine (C=N–C) groups is 1. The van der Waals surface area contributed by atoms with E-state index < -0.39 is 10.8 Å². The van der Waals surface area contributed by atoms with Crippen molar-refractivity contribution in [1.82, 2.24) is 9.58 Å². The first-order valence-corrected chi connectivity index (χ1v) is 11.6. The summed E-state index contributed by atoms with van der Waals surface area (Å²) in [5.41, 5.74) is 3.08. The SMILES string of the molecule is CCCCC1=NN2C(=N)/C(=C/c3cc(C)n(-c4ccc([N+](=O)[O-])cc4OC)c3C)C(=O)N=C2S1. The molecule has 2 aliphatic rings. The van der Waals surface area contributed by atoms with Crippen LogP contribution < -0.4 is 4.74 Å². The van der Waals surface area contributed by atoms with Gasteiger partial charge in [-0.25, -0.2) is 0 Å². The van der Waals surface area contributed by atoms with E-state index in [1.165, 1.54) is 36.0 Å². The summed E-state index contributed by atoms with van der Waals surface area (Å²) >= 11 is 1.34. The molecule has 1 aromatic carbocycles. The Labute approximate surface area is 200 Å². The van der Waals surface area contributed by atoms with Crippen molar-refractivity contribution < 1.29 is 14.5 Å². The van der Waals surface area contributed by atoms with Crippen LogP contribution in [0.15, 0.2) is 39.9 Å². The smallest absolute Gasteiger partial charge is 0.283 e. The molecular formula is C23H24N6O4S. The van der Waals surface area contributed by atoms with Gasteiger partial charge in [0.05, 0.1) is 29.4 Å². The highest BCUT2D eigenvalue weighted by molar-refractivity contribution is 8.26. The van der Waals surface area contributed by atoms with Crippen molar-refractivity contribution in [2.45, 2.75) is 40.0 Å². The molecule has 1 N–H and O–H groups in total. The van der Waals surface area contributed by atoms with Gasteiger partial charge < -0.3 is 9.30 Å². The number of aryl methyl sites for hydroxylation is 1. The normalized spacial score (nSPS) is 16.6. The minimum absolute atomic E-state index is 0.00767. The zero-order valence-corrected chi connectivity index (χ0v) is 20.1. The number of ether oxygens (including phenoxy) is 1. The molecule has 0 spiro atoms. The monoisotopic (exact) mass is 480 g/mol. The van der Waals surface area contributed by atoms with Gasteiger partial charge in [0, 0.05) is 17.5 Å². The molecule has 4 rings (SSSR count). The lowest BCUT2D eigenvalue weighted by atomic mass is 10.1. The van der Waals surface area contributed by atoms with Crippen molar-refractivity contribution in [1.29, 1.82) is 5.41 Å². The van der Waals surface area contributed by atoms with Gasteiger partial charge in [0.2, 0.25) is 5.17 Å². The lowest BCUT2D eigenvalue weighted by Gasteiger charge is -2.20. The van der Waals surface area contributed by atoms with Crippen molar-refractivity contribution in [3.8, 4) is 11.4 Å². The molecular weight excluding hydrogens is 456 g/mol.